The molecule has 4 aromatic rings. The molecule has 1 saturated heterocycles. The van der Waals surface area contributed by atoms with Gasteiger partial charge in [-0.25, -0.2) is 4.79 Å². The van der Waals surface area contributed by atoms with E-state index in [2.05, 4.69) is 17.0 Å². The molecular weight excluding hydrogens is 358 g/mol. The third-order valence-electron chi connectivity index (χ3n) is 5.75. The molecule has 0 N–H and O–H groups in total. The highest BCUT2D eigenvalue weighted by Gasteiger charge is 2.17. The highest BCUT2D eigenvalue weighted by molar-refractivity contribution is 6.02. The van der Waals surface area contributed by atoms with Gasteiger partial charge in [-0.15, -0.1) is 0 Å². The van der Waals surface area contributed by atoms with Gasteiger partial charge < -0.3 is 9.64 Å². The Hall–Kier alpha value is -3.33. The van der Waals surface area contributed by atoms with Crippen LogP contribution in [0.2, 0.25) is 0 Å². The lowest BCUT2D eigenvalue weighted by Crippen LogP contribution is -2.29. The molecule has 29 heavy (non-hydrogen) atoms. The van der Waals surface area contributed by atoms with Crippen LogP contribution in [0.25, 0.3) is 21.5 Å². The SMILES string of the molecule is O=C(Oc1ccc(N2CCCCC2)c2ccccc12)c1ccc2ccccc2c1. The van der Waals surface area contributed by atoms with Crippen molar-refractivity contribution in [1.29, 1.82) is 0 Å². The Bertz CT molecular complexity index is 1190. The number of hydrogen-bond donors (Lipinski definition) is 0. The van der Waals surface area contributed by atoms with Crippen LogP contribution in [-0.4, -0.2) is 19.1 Å². The topological polar surface area (TPSA) is 29.5 Å². The maximum atomic E-state index is 12.9. The van der Waals surface area contributed by atoms with E-state index in [1.54, 1.807) is 0 Å². The average molecular weight is 381 g/mol. The molecule has 1 aliphatic heterocycles. The van der Waals surface area contributed by atoms with Gasteiger partial charge in [-0.1, -0.05) is 54.6 Å². The van der Waals surface area contributed by atoms with Gasteiger partial charge in [0.1, 0.15) is 5.75 Å². The summed E-state index contributed by atoms with van der Waals surface area (Å²) in [5.74, 6) is 0.283. The second-order valence-corrected chi connectivity index (χ2v) is 7.63. The number of carbonyl (C=O) groups is 1. The minimum absolute atomic E-state index is 0.327. The Balaban J connectivity index is 1.49. The first-order chi connectivity index (χ1) is 14.3. The van der Waals surface area contributed by atoms with E-state index >= 15 is 0 Å². The third-order valence-corrected chi connectivity index (χ3v) is 5.75. The van der Waals surface area contributed by atoms with Crippen molar-refractivity contribution in [3.8, 4) is 5.75 Å². The zero-order chi connectivity index (χ0) is 19.6. The highest BCUT2D eigenvalue weighted by Crippen LogP contribution is 2.35. The summed E-state index contributed by atoms with van der Waals surface area (Å²) < 4.78 is 5.85. The van der Waals surface area contributed by atoms with Gasteiger partial charge in [0.2, 0.25) is 0 Å². The molecule has 0 unspecified atom stereocenters. The number of piperidine rings is 1. The van der Waals surface area contributed by atoms with Crippen LogP contribution in [0, 0.1) is 0 Å². The zero-order valence-corrected chi connectivity index (χ0v) is 16.3. The van der Waals surface area contributed by atoms with E-state index in [0.29, 0.717) is 11.3 Å². The second kappa shape index (κ2) is 7.59. The smallest absolute Gasteiger partial charge is 0.343 e. The zero-order valence-electron chi connectivity index (χ0n) is 16.3. The fourth-order valence-electron chi connectivity index (χ4n) is 4.23. The summed E-state index contributed by atoms with van der Waals surface area (Å²) in [7, 11) is 0. The summed E-state index contributed by atoms with van der Waals surface area (Å²) >= 11 is 0. The number of nitrogens with zero attached hydrogens (tertiary/aromatic N) is 1. The second-order valence-electron chi connectivity index (χ2n) is 7.63. The van der Waals surface area contributed by atoms with Gasteiger partial charge in [0, 0.05) is 29.5 Å². The Morgan fingerprint density at radius 1 is 0.724 bits per heavy atom. The summed E-state index contributed by atoms with van der Waals surface area (Å²) in [5.41, 5.74) is 1.79. The number of ether oxygens (including phenoxy) is 1. The summed E-state index contributed by atoms with van der Waals surface area (Å²) in [6, 6.07) is 25.9. The Labute approximate surface area is 170 Å². The monoisotopic (exact) mass is 381 g/mol. The van der Waals surface area contributed by atoms with Crippen LogP contribution in [-0.2, 0) is 0 Å². The van der Waals surface area contributed by atoms with Crippen molar-refractivity contribution in [3.63, 3.8) is 0 Å². The molecule has 0 spiro atoms. The van der Waals surface area contributed by atoms with Crippen LogP contribution in [0.3, 0.4) is 0 Å². The number of fused-ring (bicyclic) bond motifs is 2. The van der Waals surface area contributed by atoms with Crippen molar-refractivity contribution < 1.29 is 9.53 Å². The molecule has 0 radical (unpaired) electrons. The fourth-order valence-corrected chi connectivity index (χ4v) is 4.23. The van der Waals surface area contributed by atoms with E-state index in [1.165, 1.54) is 24.9 Å². The number of benzene rings is 4. The Morgan fingerprint density at radius 3 is 2.28 bits per heavy atom. The first kappa shape index (κ1) is 17.7. The maximum Gasteiger partial charge on any atom is 0.343 e. The summed E-state index contributed by atoms with van der Waals surface area (Å²) in [6.45, 7) is 2.17. The quantitative estimate of drug-likeness (QED) is 0.312. The molecule has 3 nitrogen and oxygen atoms in total. The molecule has 1 fully saturated rings. The summed E-state index contributed by atoms with van der Waals surface area (Å²) in [5, 5.41) is 4.26. The van der Waals surface area contributed by atoms with Crippen LogP contribution >= 0.6 is 0 Å². The summed E-state index contributed by atoms with van der Waals surface area (Å²) in [6.07, 6.45) is 3.76. The van der Waals surface area contributed by atoms with E-state index in [0.717, 1.165) is 34.6 Å². The Kier molecular flexibility index (Phi) is 4.65. The molecule has 1 aliphatic rings. The molecule has 0 amide bonds. The van der Waals surface area contributed by atoms with Gasteiger partial charge >= 0.3 is 5.97 Å². The molecule has 0 aliphatic carbocycles. The number of carbonyl (C=O) groups excluding carboxylic acids is 1. The minimum atomic E-state index is -0.327. The van der Waals surface area contributed by atoms with Crippen molar-refractivity contribution in [1.82, 2.24) is 0 Å². The summed E-state index contributed by atoms with van der Waals surface area (Å²) in [4.78, 5) is 15.3. The highest BCUT2D eigenvalue weighted by atomic mass is 16.5. The molecule has 0 atom stereocenters. The first-order valence-corrected chi connectivity index (χ1v) is 10.3. The van der Waals surface area contributed by atoms with Crippen LogP contribution in [0.5, 0.6) is 5.75 Å². The molecule has 0 bridgehead atoms. The van der Waals surface area contributed by atoms with E-state index in [-0.39, 0.29) is 5.97 Å². The lowest BCUT2D eigenvalue weighted by molar-refractivity contribution is 0.0737. The van der Waals surface area contributed by atoms with Crippen LogP contribution in [0.1, 0.15) is 29.6 Å². The molecule has 0 saturated carbocycles. The molecule has 5 rings (SSSR count). The first-order valence-electron chi connectivity index (χ1n) is 10.3. The van der Waals surface area contributed by atoms with Gasteiger partial charge in [-0.3, -0.25) is 0 Å². The van der Waals surface area contributed by atoms with E-state index < -0.39 is 0 Å². The van der Waals surface area contributed by atoms with Crippen LogP contribution in [0.15, 0.2) is 78.9 Å². The van der Waals surface area contributed by atoms with Crippen molar-refractivity contribution in [3.05, 3.63) is 84.4 Å². The lowest BCUT2D eigenvalue weighted by Gasteiger charge is -2.30. The third kappa shape index (κ3) is 3.44. The van der Waals surface area contributed by atoms with Crippen LogP contribution < -0.4 is 9.64 Å². The molecular formula is C26H23NO2. The number of rotatable bonds is 3. The number of hydrogen-bond acceptors (Lipinski definition) is 3. The number of esters is 1. The number of anilines is 1. The van der Waals surface area contributed by atoms with Gasteiger partial charge in [-0.05, 0) is 54.3 Å². The molecule has 0 aromatic heterocycles. The average Bonchev–Trinajstić information content (AvgIpc) is 2.79. The normalized spacial score (nSPS) is 14.3. The van der Waals surface area contributed by atoms with Gasteiger partial charge in [-0.2, -0.15) is 0 Å². The van der Waals surface area contributed by atoms with Gasteiger partial charge in [0.15, 0.2) is 0 Å². The predicted octanol–water partition coefficient (Wildman–Crippen LogP) is 6.20. The van der Waals surface area contributed by atoms with E-state index in [9.17, 15) is 4.79 Å². The van der Waals surface area contributed by atoms with Crippen molar-refractivity contribution in [2.45, 2.75) is 19.3 Å². The van der Waals surface area contributed by atoms with Gasteiger partial charge in [0.25, 0.3) is 0 Å². The van der Waals surface area contributed by atoms with Crippen molar-refractivity contribution in [2.75, 3.05) is 18.0 Å². The standard InChI is InChI=1S/C26H23NO2/c28-26(21-13-12-19-8-2-3-9-20(19)18-21)29-25-15-14-24(27-16-6-1-7-17-27)22-10-4-5-11-23(22)25/h2-5,8-15,18H,1,6-7,16-17H2. The van der Waals surface area contributed by atoms with Crippen LogP contribution in [0.4, 0.5) is 5.69 Å². The largest absolute Gasteiger partial charge is 0.422 e. The predicted molar refractivity (Wildman–Crippen MR) is 119 cm³/mol. The molecule has 3 heteroatoms. The molecule has 1 heterocycles. The molecule has 4 aromatic carbocycles. The fraction of sp³-hybridized carbons (Fsp3) is 0.192. The van der Waals surface area contributed by atoms with Crippen molar-refractivity contribution >= 4 is 33.2 Å². The van der Waals surface area contributed by atoms with Gasteiger partial charge in [0.05, 0.1) is 5.56 Å². The minimum Gasteiger partial charge on any atom is -0.422 e. The van der Waals surface area contributed by atoms with E-state index in [4.69, 9.17) is 4.74 Å². The van der Waals surface area contributed by atoms with Crippen molar-refractivity contribution in [2.24, 2.45) is 0 Å². The molecule has 144 valence electrons. The maximum absolute atomic E-state index is 12.9. The Morgan fingerprint density at radius 2 is 1.45 bits per heavy atom. The van der Waals surface area contributed by atoms with E-state index in [1.807, 2.05) is 66.7 Å². The lowest BCUT2D eigenvalue weighted by atomic mass is 10.0.